The van der Waals surface area contributed by atoms with E-state index in [0.29, 0.717) is 22.8 Å². The predicted octanol–water partition coefficient (Wildman–Crippen LogP) is 4.57. The van der Waals surface area contributed by atoms with Crippen LogP contribution in [0.3, 0.4) is 0 Å². The zero-order valence-corrected chi connectivity index (χ0v) is 18.3. The van der Waals surface area contributed by atoms with Gasteiger partial charge in [0.05, 0.1) is 6.10 Å². The molecule has 0 bridgehead atoms. The normalized spacial score (nSPS) is 44.1. The lowest BCUT2D eigenvalue weighted by atomic mass is 9.45. The number of hydrogen-bond acceptors (Lipinski definition) is 4. The second-order valence-electron chi connectivity index (χ2n) is 10.9. The maximum absolute atomic E-state index is 12.3. The Balaban J connectivity index is 1.28. The Hall–Kier alpha value is -1.75. The quantitative estimate of drug-likeness (QED) is 0.703. The number of carbonyl (C=O) groups excluding carboxylic acids is 1. The highest BCUT2D eigenvalue weighted by Gasteiger charge is 2.59. The third-order valence-corrected chi connectivity index (χ3v) is 9.71. The van der Waals surface area contributed by atoms with Crippen molar-refractivity contribution in [3.05, 3.63) is 30.1 Å². The molecule has 0 aromatic carbocycles. The highest BCUT2D eigenvalue weighted by Crippen LogP contribution is 2.65. The third-order valence-electron chi connectivity index (χ3n) is 9.71. The van der Waals surface area contributed by atoms with E-state index in [1.807, 2.05) is 0 Å². The summed E-state index contributed by atoms with van der Waals surface area (Å²) < 4.78 is 0. The lowest BCUT2D eigenvalue weighted by Gasteiger charge is -2.60. The van der Waals surface area contributed by atoms with Crippen molar-refractivity contribution in [2.45, 2.75) is 77.7 Å². The van der Waals surface area contributed by atoms with Crippen LogP contribution in [0.1, 0.15) is 82.0 Å². The van der Waals surface area contributed by atoms with Crippen LogP contribution in [0, 0.1) is 34.5 Å². The summed E-state index contributed by atoms with van der Waals surface area (Å²) in [6.07, 6.45) is 13.6. The molecule has 0 unspecified atom stereocenters. The van der Waals surface area contributed by atoms with Crippen molar-refractivity contribution in [2.24, 2.45) is 39.6 Å². The summed E-state index contributed by atoms with van der Waals surface area (Å²) >= 11 is 0. The SMILES string of the molecule is C[C@]12CC/C(=N\NC(=O)c3ccncc3)C[C@H]1CC[C@@H]1[C@@H]2CC[C@]2(C)[C@@H](O)CC[C@@H]12. The fourth-order valence-electron chi connectivity index (χ4n) is 7.83. The first kappa shape index (κ1) is 20.2. The predicted molar refractivity (Wildman–Crippen MR) is 117 cm³/mol. The molecule has 0 aliphatic heterocycles. The van der Waals surface area contributed by atoms with Crippen LogP contribution in [-0.4, -0.2) is 27.8 Å². The molecular weight excluding hydrogens is 374 g/mol. The Morgan fingerprint density at radius 3 is 2.63 bits per heavy atom. The molecule has 4 fully saturated rings. The first-order valence-electron chi connectivity index (χ1n) is 11.9. The van der Waals surface area contributed by atoms with Gasteiger partial charge in [0.25, 0.3) is 5.91 Å². The lowest BCUT2D eigenvalue weighted by Crippen LogP contribution is -2.54. The molecule has 0 saturated heterocycles. The van der Waals surface area contributed by atoms with E-state index in [9.17, 15) is 9.90 Å². The summed E-state index contributed by atoms with van der Waals surface area (Å²) in [6, 6.07) is 3.43. The molecule has 2 N–H and O–H groups in total. The van der Waals surface area contributed by atoms with E-state index in [4.69, 9.17) is 0 Å². The maximum atomic E-state index is 12.3. The summed E-state index contributed by atoms with van der Waals surface area (Å²) in [5, 5.41) is 15.2. The second kappa shape index (κ2) is 7.44. The van der Waals surface area contributed by atoms with Crippen molar-refractivity contribution in [3.63, 3.8) is 0 Å². The van der Waals surface area contributed by atoms with Gasteiger partial charge in [-0.3, -0.25) is 9.78 Å². The Labute approximate surface area is 179 Å². The van der Waals surface area contributed by atoms with Crippen molar-refractivity contribution in [2.75, 3.05) is 0 Å². The summed E-state index contributed by atoms with van der Waals surface area (Å²) in [4.78, 5) is 16.3. The summed E-state index contributed by atoms with van der Waals surface area (Å²) in [5.74, 6) is 2.78. The second-order valence-corrected chi connectivity index (χ2v) is 10.9. The molecule has 7 atom stereocenters. The van der Waals surface area contributed by atoms with Gasteiger partial charge in [-0.05, 0) is 104 Å². The van der Waals surface area contributed by atoms with Crippen LogP contribution < -0.4 is 5.43 Å². The third kappa shape index (κ3) is 3.12. The van der Waals surface area contributed by atoms with Crippen LogP contribution in [-0.2, 0) is 0 Å². The summed E-state index contributed by atoms with van der Waals surface area (Å²) in [5.41, 5.74) is 5.05. The van der Waals surface area contributed by atoms with Gasteiger partial charge in [-0.25, -0.2) is 5.43 Å². The smallest absolute Gasteiger partial charge is 0.271 e. The topological polar surface area (TPSA) is 74.6 Å². The molecule has 5 rings (SSSR count). The average molecular weight is 410 g/mol. The van der Waals surface area contributed by atoms with Crippen LogP contribution in [0.15, 0.2) is 29.6 Å². The number of hydrogen-bond donors (Lipinski definition) is 2. The fourth-order valence-corrected chi connectivity index (χ4v) is 7.83. The number of aromatic nitrogens is 1. The van der Waals surface area contributed by atoms with Gasteiger partial charge in [0.2, 0.25) is 0 Å². The average Bonchev–Trinajstić information content (AvgIpc) is 3.07. The number of hydrazone groups is 1. The minimum Gasteiger partial charge on any atom is -0.393 e. The number of fused-ring (bicyclic) bond motifs is 5. The highest BCUT2D eigenvalue weighted by molar-refractivity contribution is 5.95. The molecule has 5 heteroatoms. The van der Waals surface area contributed by atoms with Gasteiger partial charge in [0, 0.05) is 23.7 Å². The van der Waals surface area contributed by atoms with Crippen LogP contribution in [0.25, 0.3) is 0 Å². The number of aliphatic hydroxyl groups excluding tert-OH is 1. The van der Waals surface area contributed by atoms with Gasteiger partial charge in [0.1, 0.15) is 0 Å². The van der Waals surface area contributed by atoms with Gasteiger partial charge in [-0.15, -0.1) is 0 Å². The minimum absolute atomic E-state index is 0.0944. The number of carbonyl (C=O) groups is 1. The Morgan fingerprint density at radius 1 is 1.07 bits per heavy atom. The molecule has 30 heavy (non-hydrogen) atoms. The largest absolute Gasteiger partial charge is 0.393 e. The molecule has 162 valence electrons. The molecule has 4 saturated carbocycles. The molecule has 0 radical (unpaired) electrons. The number of nitrogens with one attached hydrogen (secondary N) is 1. The molecule has 1 aromatic rings. The molecule has 1 heterocycles. The Kier molecular flexibility index (Phi) is 5.00. The molecule has 1 amide bonds. The van der Waals surface area contributed by atoms with Crippen LogP contribution in [0.2, 0.25) is 0 Å². The molecule has 1 aromatic heterocycles. The standard InChI is InChI=1S/C25H35N3O2/c1-24-11-7-18(27-28-23(30)16-9-13-26-14-10-16)15-17(24)3-4-19-20-5-6-22(29)25(20,2)12-8-21(19)24/h9-10,13-14,17,19-22,29H,3-8,11-12,15H2,1-2H3,(H,28,30)/b27-18+/t17-,19+,20+,21+,22+,24+,25+/m1/s1. The van der Waals surface area contributed by atoms with E-state index in [1.54, 1.807) is 24.5 Å². The monoisotopic (exact) mass is 409 g/mol. The van der Waals surface area contributed by atoms with Gasteiger partial charge in [0.15, 0.2) is 0 Å². The van der Waals surface area contributed by atoms with E-state index in [-0.39, 0.29) is 17.4 Å². The summed E-state index contributed by atoms with van der Waals surface area (Å²) in [6.45, 7) is 4.89. The number of aliphatic hydroxyl groups is 1. The van der Waals surface area contributed by atoms with Gasteiger partial charge >= 0.3 is 0 Å². The van der Waals surface area contributed by atoms with Crippen LogP contribution in [0.4, 0.5) is 0 Å². The number of nitrogens with zero attached hydrogens (tertiary/aromatic N) is 2. The van der Waals surface area contributed by atoms with Gasteiger partial charge < -0.3 is 5.11 Å². The fraction of sp³-hybridized carbons (Fsp3) is 0.720. The zero-order valence-electron chi connectivity index (χ0n) is 18.3. The maximum Gasteiger partial charge on any atom is 0.271 e. The first-order chi connectivity index (χ1) is 14.4. The summed E-state index contributed by atoms with van der Waals surface area (Å²) in [7, 11) is 0. The van der Waals surface area contributed by atoms with Gasteiger partial charge in [-0.1, -0.05) is 13.8 Å². The Morgan fingerprint density at radius 2 is 1.83 bits per heavy atom. The minimum atomic E-state index is -0.159. The van der Waals surface area contributed by atoms with Crippen molar-refractivity contribution in [3.8, 4) is 0 Å². The van der Waals surface area contributed by atoms with Crippen molar-refractivity contribution < 1.29 is 9.90 Å². The lowest BCUT2D eigenvalue weighted by molar-refractivity contribution is -0.112. The number of amides is 1. The zero-order chi connectivity index (χ0) is 20.9. The molecule has 4 aliphatic carbocycles. The highest BCUT2D eigenvalue weighted by atomic mass is 16.3. The Bertz CT molecular complexity index is 840. The molecule has 4 aliphatic rings. The van der Waals surface area contributed by atoms with Crippen molar-refractivity contribution in [1.29, 1.82) is 0 Å². The van der Waals surface area contributed by atoms with Crippen LogP contribution >= 0.6 is 0 Å². The molecule has 5 nitrogen and oxygen atoms in total. The van der Waals surface area contributed by atoms with E-state index >= 15 is 0 Å². The van der Waals surface area contributed by atoms with E-state index in [0.717, 1.165) is 36.8 Å². The van der Waals surface area contributed by atoms with E-state index < -0.39 is 0 Å². The van der Waals surface area contributed by atoms with Crippen molar-refractivity contribution in [1.82, 2.24) is 10.4 Å². The first-order valence-corrected chi connectivity index (χ1v) is 11.9. The molecular formula is C25H35N3O2. The van der Waals surface area contributed by atoms with Crippen LogP contribution in [0.5, 0.6) is 0 Å². The van der Waals surface area contributed by atoms with Crippen molar-refractivity contribution >= 4 is 11.6 Å². The van der Waals surface area contributed by atoms with E-state index in [2.05, 4.69) is 29.4 Å². The van der Waals surface area contributed by atoms with Gasteiger partial charge in [-0.2, -0.15) is 5.10 Å². The molecule has 0 spiro atoms. The number of pyridine rings is 1. The number of rotatable bonds is 2. The van der Waals surface area contributed by atoms with E-state index in [1.165, 1.54) is 38.5 Å².